The summed E-state index contributed by atoms with van der Waals surface area (Å²) in [5.74, 6) is 1.10. The highest BCUT2D eigenvalue weighted by molar-refractivity contribution is 6.05. The van der Waals surface area contributed by atoms with Crippen LogP contribution < -0.4 is 5.32 Å². The number of para-hydroxylation sites is 1. The van der Waals surface area contributed by atoms with E-state index in [1.807, 2.05) is 18.2 Å². The topological polar surface area (TPSA) is 50.2 Å². The molecule has 2 aromatic rings. The molecule has 0 unspecified atom stereocenters. The zero-order valence-corrected chi connectivity index (χ0v) is 13.7. The molecule has 1 N–H and O–H groups in total. The summed E-state index contributed by atoms with van der Waals surface area (Å²) in [5, 5.41) is 2.98. The molecule has 5 nitrogen and oxygen atoms in total. The zero-order chi connectivity index (χ0) is 15.8. The molecule has 2 aliphatic rings. The van der Waals surface area contributed by atoms with Crippen molar-refractivity contribution in [2.75, 3.05) is 13.6 Å². The second kappa shape index (κ2) is 5.96. The molecule has 0 radical (unpaired) electrons. The van der Waals surface area contributed by atoms with Gasteiger partial charge in [-0.3, -0.25) is 9.69 Å². The number of carbonyl (C=O) groups is 1. The predicted octanol–water partition coefficient (Wildman–Crippen LogP) is 2.54. The Balaban J connectivity index is 1.68. The Morgan fingerprint density at radius 2 is 2.13 bits per heavy atom. The number of hydrogen-bond donors (Lipinski definition) is 1. The van der Waals surface area contributed by atoms with Gasteiger partial charge in [0, 0.05) is 19.1 Å². The van der Waals surface area contributed by atoms with Gasteiger partial charge in [-0.05, 0) is 32.0 Å². The summed E-state index contributed by atoms with van der Waals surface area (Å²) in [6.45, 7) is 2.32. The SMILES string of the molecule is CN(Cc1nc2cccc3c2n1CCNC3=O)C1CCCCC1. The molecule has 122 valence electrons. The lowest BCUT2D eigenvalue weighted by Crippen LogP contribution is -2.34. The van der Waals surface area contributed by atoms with Crippen molar-refractivity contribution < 1.29 is 4.79 Å². The molecule has 1 aromatic carbocycles. The van der Waals surface area contributed by atoms with Crippen LogP contribution in [0.3, 0.4) is 0 Å². The number of aromatic nitrogens is 2. The number of rotatable bonds is 3. The fourth-order valence-electron chi connectivity index (χ4n) is 4.03. The molecule has 1 aliphatic heterocycles. The molecule has 1 aliphatic carbocycles. The van der Waals surface area contributed by atoms with Gasteiger partial charge < -0.3 is 9.88 Å². The van der Waals surface area contributed by atoms with Gasteiger partial charge in [0.1, 0.15) is 5.82 Å². The van der Waals surface area contributed by atoms with Crippen LogP contribution in [0.4, 0.5) is 0 Å². The molecule has 23 heavy (non-hydrogen) atoms. The second-order valence-electron chi connectivity index (χ2n) is 6.82. The van der Waals surface area contributed by atoms with Crippen LogP contribution in [-0.4, -0.2) is 40.0 Å². The summed E-state index contributed by atoms with van der Waals surface area (Å²) >= 11 is 0. The molecule has 1 fully saturated rings. The minimum atomic E-state index is 0.0152. The van der Waals surface area contributed by atoms with E-state index in [2.05, 4.69) is 21.8 Å². The normalized spacial score (nSPS) is 19.1. The predicted molar refractivity (Wildman–Crippen MR) is 90.4 cm³/mol. The summed E-state index contributed by atoms with van der Waals surface area (Å²) in [6, 6.07) is 6.50. The quantitative estimate of drug-likeness (QED) is 0.947. The molecule has 1 amide bonds. The largest absolute Gasteiger partial charge is 0.350 e. The van der Waals surface area contributed by atoms with Crippen LogP contribution in [0, 0.1) is 0 Å². The number of carbonyl (C=O) groups excluding carboxylic acids is 1. The van der Waals surface area contributed by atoms with Crippen molar-refractivity contribution in [3.8, 4) is 0 Å². The minimum Gasteiger partial charge on any atom is -0.350 e. The van der Waals surface area contributed by atoms with Crippen LogP contribution in [0.15, 0.2) is 18.2 Å². The zero-order valence-electron chi connectivity index (χ0n) is 13.7. The molecule has 4 rings (SSSR count). The number of amides is 1. The lowest BCUT2D eigenvalue weighted by molar-refractivity contribution is 0.0956. The van der Waals surface area contributed by atoms with E-state index in [1.54, 1.807) is 0 Å². The van der Waals surface area contributed by atoms with Gasteiger partial charge in [-0.15, -0.1) is 0 Å². The van der Waals surface area contributed by atoms with Crippen molar-refractivity contribution in [3.63, 3.8) is 0 Å². The Kier molecular flexibility index (Phi) is 3.81. The first-order valence-corrected chi connectivity index (χ1v) is 8.70. The average molecular weight is 312 g/mol. The van der Waals surface area contributed by atoms with Gasteiger partial charge in [0.2, 0.25) is 0 Å². The lowest BCUT2D eigenvalue weighted by Gasteiger charge is -2.31. The molecule has 5 heteroatoms. The summed E-state index contributed by atoms with van der Waals surface area (Å²) in [7, 11) is 2.21. The highest BCUT2D eigenvalue weighted by Crippen LogP contribution is 2.26. The number of hydrogen-bond acceptors (Lipinski definition) is 3. The van der Waals surface area contributed by atoms with Crippen LogP contribution in [0.1, 0.15) is 48.3 Å². The molecule has 0 saturated heterocycles. The van der Waals surface area contributed by atoms with Crippen LogP contribution in [0.2, 0.25) is 0 Å². The van der Waals surface area contributed by atoms with E-state index in [4.69, 9.17) is 4.98 Å². The molecule has 1 aromatic heterocycles. The fourth-order valence-corrected chi connectivity index (χ4v) is 4.03. The van der Waals surface area contributed by atoms with Crippen LogP contribution in [0.5, 0.6) is 0 Å². The molecular weight excluding hydrogens is 288 g/mol. The molecule has 0 bridgehead atoms. The van der Waals surface area contributed by atoms with Gasteiger partial charge in [0.05, 0.1) is 23.1 Å². The van der Waals surface area contributed by atoms with E-state index >= 15 is 0 Å². The fraction of sp³-hybridized carbons (Fsp3) is 0.556. The molecule has 2 heterocycles. The van der Waals surface area contributed by atoms with Crippen LogP contribution in [0.25, 0.3) is 11.0 Å². The monoisotopic (exact) mass is 312 g/mol. The van der Waals surface area contributed by atoms with Crippen LogP contribution in [-0.2, 0) is 13.1 Å². The van der Waals surface area contributed by atoms with Gasteiger partial charge in [-0.1, -0.05) is 25.3 Å². The first-order valence-electron chi connectivity index (χ1n) is 8.70. The van der Waals surface area contributed by atoms with E-state index in [0.717, 1.165) is 35.5 Å². The van der Waals surface area contributed by atoms with Crippen molar-refractivity contribution >= 4 is 16.9 Å². The Bertz CT molecular complexity index is 730. The maximum atomic E-state index is 12.2. The molecule has 0 atom stereocenters. The first kappa shape index (κ1) is 14.7. The smallest absolute Gasteiger partial charge is 0.253 e. The van der Waals surface area contributed by atoms with Gasteiger partial charge in [0.15, 0.2) is 0 Å². The number of imidazole rings is 1. The summed E-state index contributed by atoms with van der Waals surface area (Å²) in [4.78, 5) is 19.5. The number of nitrogens with one attached hydrogen (secondary N) is 1. The Morgan fingerprint density at radius 3 is 2.96 bits per heavy atom. The molecular formula is C18H24N4O. The van der Waals surface area contributed by atoms with E-state index in [-0.39, 0.29) is 5.91 Å². The Labute approximate surface area is 136 Å². The summed E-state index contributed by atoms with van der Waals surface area (Å²) in [6.07, 6.45) is 6.64. The van der Waals surface area contributed by atoms with Gasteiger partial charge in [0.25, 0.3) is 5.91 Å². The second-order valence-corrected chi connectivity index (χ2v) is 6.82. The molecule has 1 saturated carbocycles. The van der Waals surface area contributed by atoms with Crippen LogP contribution >= 0.6 is 0 Å². The van der Waals surface area contributed by atoms with Crippen molar-refractivity contribution in [2.45, 2.75) is 51.2 Å². The Hall–Kier alpha value is -1.88. The highest BCUT2D eigenvalue weighted by atomic mass is 16.1. The van der Waals surface area contributed by atoms with Crippen molar-refractivity contribution in [1.29, 1.82) is 0 Å². The standard InChI is InChI=1S/C18H24N4O/c1-21(13-6-3-2-4-7-13)12-16-20-15-9-5-8-14-17(15)22(16)11-10-19-18(14)23/h5,8-9,13H,2-4,6-7,10-12H2,1H3,(H,19,23). The van der Waals surface area contributed by atoms with Crippen molar-refractivity contribution in [1.82, 2.24) is 19.8 Å². The highest BCUT2D eigenvalue weighted by Gasteiger charge is 2.24. The van der Waals surface area contributed by atoms with E-state index in [0.29, 0.717) is 12.6 Å². The third-order valence-corrected chi connectivity index (χ3v) is 5.30. The van der Waals surface area contributed by atoms with E-state index < -0.39 is 0 Å². The van der Waals surface area contributed by atoms with E-state index in [1.165, 1.54) is 32.1 Å². The number of nitrogens with zero attached hydrogens (tertiary/aromatic N) is 3. The van der Waals surface area contributed by atoms with Gasteiger partial charge in [-0.2, -0.15) is 0 Å². The van der Waals surface area contributed by atoms with Gasteiger partial charge in [-0.25, -0.2) is 4.98 Å². The maximum Gasteiger partial charge on any atom is 0.253 e. The summed E-state index contributed by atoms with van der Waals surface area (Å²) < 4.78 is 2.24. The maximum absolute atomic E-state index is 12.2. The van der Waals surface area contributed by atoms with E-state index in [9.17, 15) is 4.79 Å². The van der Waals surface area contributed by atoms with Gasteiger partial charge >= 0.3 is 0 Å². The Morgan fingerprint density at radius 1 is 1.30 bits per heavy atom. The minimum absolute atomic E-state index is 0.0152. The third kappa shape index (κ3) is 2.63. The number of benzene rings is 1. The molecule has 0 spiro atoms. The van der Waals surface area contributed by atoms with Crippen molar-refractivity contribution in [3.05, 3.63) is 29.6 Å². The lowest BCUT2D eigenvalue weighted by atomic mass is 9.94. The average Bonchev–Trinajstić information content (AvgIpc) is 2.82. The summed E-state index contributed by atoms with van der Waals surface area (Å²) in [5.41, 5.74) is 2.68. The first-order chi connectivity index (χ1) is 11.2. The third-order valence-electron chi connectivity index (χ3n) is 5.30. The van der Waals surface area contributed by atoms with Crippen molar-refractivity contribution in [2.24, 2.45) is 0 Å².